The van der Waals surface area contributed by atoms with Crippen LogP contribution in [0, 0.1) is 0 Å². The summed E-state index contributed by atoms with van der Waals surface area (Å²) < 4.78 is 58.5. The van der Waals surface area contributed by atoms with Crippen molar-refractivity contribution in [2.75, 3.05) is 26.4 Å². The van der Waals surface area contributed by atoms with Crippen LogP contribution in [0.1, 0.15) is 117 Å². The molecule has 4 N–H and O–H groups in total. The summed E-state index contributed by atoms with van der Waals surface area (Å²) in [7, 11) is -5.06. The van der Waals surface area contributed by atoms with E-state index in [0.29, 0.717) is 13.0 Å². The Morgan fingerprint density at radius 3 is 1.92 bits per heavy atom. The van der Waals surface area contributed by atoms with Crippen LogP contribution >= 0.6 is 0 Å². The first-order valence-electron chi connectivity index (χ1n) is 19.0. The predicted molar refractivity (Wildman–Crippen MR) is 202 cm³/mol. The van der Waals surface area contributed by atoms with Crippen LogP contribution < -0.4 is 0 Å². The van der Waals surface area contributed by atoms with Gasteiger partial charge >= 0.3 is 16.4 Å². The monoisotopic (exact) mass is 758 g/mol. The van der Waals surface area contributed by atoms with E-state index >= 15 is 0 Å². The first-order chi connectivity index (χ1) is 25.1. The maximum atomic E-state index is 12.6. The molecule has 0 aromatic carbocycles. The first-order valence-corrected chi connectivity index (χ1v) is 20.4. The van der Waals surface area contributed by atoms with Gasteiger partial charge in [0.1, 0.15) is 30.5 Å². The van der Waals surface area contributed by atoms with Crippen molar-refractivity contribution in [3.8, 4) is 0 Å². The minimum absolute atomic E-state index is 0.0153. The lowest BCUT2D eigenvalue weighted by Crippen LogP contribution is -2.60. The Hall–Kier alpha value is -2.20. The molecule has 0 aromatic rings. The topological polar surface area (TPSA) is 178 Å². The number of esters is 1. The molecule has 0 aromatic heterocycles. The highest BCUT2D eigenvalue weighted by atomic mass is 32.3. The Kier molecular flexibility index (Phi) is 28.7. The van der Waals surface area contributed by atoms with Gasteiger partial charge < -0.3 is 34.3 Å². The molecule has 0 saturated carbocycles. The molecule has 300 valence electrons. The molecular weight excluding hydrogens is 692 g/mol. The van der Waals surface area contributed by atoms with Gasteiger partial charge in [0, 0.05) is 13.0 Å². The van der Waals surface area contributed by atoms with Gasteiger partial charge in [-0.15, -0.1) is 0 Å². The Morgan fingerprint density at radius 2 is 1.33 bits per heavy atom. The van der Waals surface area contributed by atoms with E-state index in [9.17, 15) is 28.5 Å². The van der Waals surface area contributed by atoms with E-state index in [-0.39, 0.29) is 19.6 Å². The number of ether oxygens (including phenoxy) is 4. The highest BCUT2D eigenvalue weighted by molar-refractivity contribution is 7.80. The van der Waals surface area contributed by atoms with Crippen molar-refractivity contribution in [1.82, 2.24) is 0 Å². The number of carbonyl (C=O) groups is 1. The van der Waals surface area contributed by atoms with Crippen LogP contribution in [-0.4, -0.2) is 97.5 Å². The molecule has 1 fully saturated rings. The number of unbranched alkanes of at least 4 members (excludes halogenated alkanes) is 8. The smallest absolute Gasteiger partial charge is 0.397 e. The van der Waals surface area contributed by atoms with Gasteiger partial charge in [0.15, 0.2) is 6.29 Å². The predicted octanol–water partition coefficient (Wildman–Crippen LogP) is 6.62. The van der Waals surface area contributed by atoms with Crippen molar-refractivity contribution in [3.63, 3.8) is 0 Å². The molecule has 1 aliphatic heterocycles. The number of allylic oxidation sites excluding steroid dienone is 10. The van der Waals surface area contributed by atoms with Crippen LogP contribution in [0.5, 0.6) is 0 Å². The highest BCUT2D eigenvalue weighted by Crippen LogP contribution is 2.26. The molecule has 1 rings (SSSR count). The average Bonchev–Trinajstić information content (AvgIpc) is 3.11. The second-order valence-corrected chi connectivity index (χ2v) is 13.8. The molecule has 0 spiro atoms. The third-order valence-electron chi connectivity index (χ3n) is 8.15. The molecule has 6 unspecified atom stereocenters. The van der Waals surface area contributed by atoms with Gasteiger partial charge in [0.05, 0.1) is 19.8 Å². The van der Waals surface area contributed by atoms with Gasteiger partial charge in [-0.2, -0.15) is 8.42 Å². The van der Waals surface area contributed by atoms with E-state index < -0.39 is 59.8 Å². The lowest BCUT2D eigenvalue weighted by atomic mass is 9.99. The molecule has 0 aliphatic carbocycles. The third kappa shape index (κ3) is 24.9. The lowest BCUT2D eigenvalue weighted by Gasteiger charge is -2.41. The number of aliphatic hydroxyl groups excluding tert-OH is 3. The molecule has 1 saturated heterocycles. The number of hydrogen-bond acceptors (Lipinski definition) is 11. The summed E-state index contributed by atoms with van der Waals surface area (Å²) in [5, 5.41) is 30.4. The second kappa shape index (κ2) is 31.2. The van der Waals surface area contributed by atoms with Crippen molar-refractivity contribution in [2.24, 2.45) is 0 Å². The Labute approximate surface area is 312 Å². The van der Waals surface area contributed by atoms with Gasteiger partial charge in [-0.05, 0) is 57.8 Å². The molecule has 13 heteroatoms. The molecule has 1 heterocycles. The van der Waals surface area contributed by atoms with Crippen LogP contribution in [0.4, 0.5) is 0 Å². The zero-order valence-corrected chi connectivity index (χ0v) is 32.2. The number of rotatable bonds is 31. The molecule has 0 radical (unpaired) electrons. The van der Waals surface area contributed by atoms with Gasteiger partial charge in [-0.1, -0.05) is 113 Å². The second-order valence-electron chi connectivity index (χ2n) is 12.8. The van der Waals surface area contributed by atoms with E-state index in [1.165, 1.54) is 0 Å². The normalized spacial score (nSPS) is 22.2. The van der Waals surface area contributed by atoms with Crippen LogP contribution in [0.15, 0.2) is 60.8 Å². The summed E-state index contributed by atoms with van der Waals surface area (Å²) in [6.07, 6.45) is 27.5. The van der Waals surface area contributed by atoms with E-state index in [2.05, 4.69) is 78.8 Å². The molecule has 12 nitrogen and oxygen atoms in total. The maximum absolute atomic E-state index is 12.6. The molecule has 6 atom stereocenters. The SMILES string of the molecule is CC/C=C\C/C=C\C/C=C\C/C=C\C/C=C\CCCCCCOCC(COC1OC(CO)C(O)C(OS(=O)(=O)O)C1O)OC(=O)CCCCCCC. The zero-order chi connectivity index (χ0) is 38.3. The minimum atomic E-state index is -5.06. The van der Waals surface area contributed by atoms with Crippen molar-refractivity contribution >= 4 is 16.4 Å². The largest absolute Gasteiger partial charge is 0.457 e. The lowest BCUT2D eigenvalue weighted by molar-refractivity contribution is -0.301. The molecular formula is C39H66O12S. The summed E-state index contributed by atoms with van der Waals surface area (Å²) in [5.74, 6) is -0.426. The number of aliphatic hydroxyl groups is 3. The summed E-state index contributed by atoms with van der Waals surface area (Å²) in [4.78, 5) is 12.6. The number of carbonyl (C=O) groups excluding carboxylic acids is 1. The minimum Gasteiger partial charge on any atom is -0.457 e. The summed E-state index contributed by atoms with van der Waals surface area (Å²) in [5.41, 5.74) is 0. The quantitative estimate of drug-likeness (QED) is 0.0258. The van der Waals surface area contributed by atoms with Gasteiger partial charge in [0.2, 0.25) is 0 Å². The Bertz CT molecular complexity index is 1150. The molecule has 0 amide bonds. The van der Waals surface area contributed by atoms with Gasteiger partial charge in [-0.3, -0.25) is 9.35 Å². The summed E-state index contributed by atoms with van der Waals surface area (Å²) in [6, 6.07) is 0. The van der Waals surface area contributed by atoms with Crippen LogP contribution in [0.25, 0.3) is 0 Å². The van der Waals surface area contributed by atoms with Crippen molar-refractivity contribution < 1.29 is 56.2 Å². The fourth-order valence-corrected chi connectivity index (χ4v) is 5.79. The molecule has 0 bridgehead atoms. The Balaban J connectivity index is 2.41. The highest BCUT2D eigenvalue weighted by Gasteiger charge is 2.48. The zero-order valence-electron chi connectivity index (χ0n) is 31.3. The Morgan fingerprint density at radius 1 is 0.750 bits per heavy atom. The average molecular weight is 759 g/mol. The van der Waals surface area contributed by atoms with E-state index in [1.54, 1.807) is 0 Å². The fourth-order valence-electron chi connectivity index (χ4n) is 5.28. The maximum Gasteiger partial charge on any atom is 0.397 e. The molecule has 1 aliphatic rings. The first kappa shape index (κ1) is 47.8. The summed E-state index contributed by atoms with van der Waals surface area (Å²) in [6.45, 7) is 3.67. The van der Waals surface area contributed by atoms with Crippen LogP contribution in [0.2, 0.25) is 0 Å². The van der Waals surface area contributed by atoms with Crippen molar-refractivity contribution in [1.29, 1.82) is 0 Å². The van der Waals surface area contributed by atoms with Gasteiger partial charge in [0.25, 0.3) is 0 Å². The third-order valence-corrected chi connectivity index (χ3v) is 8.62. The van der Waals surface area contributed by atoms with Gasteiger partial charge in [-0.25, -0.2) is 4.18 Å². The fraction of sp³-hybridized carbons (Fsp3) is 0.718. The van der Waals surface area contributed by atoms with Crippen LogP contribution in [0.3, 0.4) is 0 Å². The summed E-state index contributed by atoms with van der Waals surface area (Å²) >= 11 is 0. The van der Waals surface area contributed by atoms with E-state index in [4.69, 9.17) is 23.5 Å². The standard InChI is InChI=1S/C39H66O12S/c1-3-5-7-9-10-11-12-13-14-15-16-17-18-19-20-21-22-23-25-27-29-47-31-33(49-35(41)28-26-24-8-6-4-2)32-48-39-37(43)38(51-52(44,45)46)36(42)34(30-40)50-39/h5,7,10-11,13-14,16-17,19-20,33-34,36-40,42-43H,3-4,6,8-9,12,15,18,21-32H2,1-2H3,(H,44,45,46)/b7-5-,11-10-,14-13-,17-16-,20-19-. The number of hydrogen-bond donors (Lipinski definition) is 4. The van der Waals surface area contributed by atoms with Crippen LogP contribution in [-0.2, 0) is 38.3 Å². The molecule has 52 heavy (non-hydrogen) atoms. The van der Waals surface area contributed by atoms with E-state index in [1.807, 2.05) is 0 Å². The van der Waals surface area contributed by atoms with Crippen molar-refractivity contribution in [3.05, 3.63) is 60.8 Å². The van der Waals surface area contributed by atoms with Crippen molar-refractivity contribution in [2.45, 2.75) is 153 Å². The van der Waals surface area contributed by atoms with E-state index in [0.717, 1.165) is 89.9 Å².